The maximum Gasteiger partial charge on any atom is 0.270 e. The lowest BCUT2D eigenvalue weighted by Gasteiger charge is -1.99. The smallest absolute Gasteiger partial charge is 0.270 e. The molecule has 0 fully saturated rings. The molecular formula is C11H13ClN2O2. The zero-order valence-electron chi connectivity index (χ0n) is 8.94. The van der Waals surface area contributed by atoms with Gasteiger partial charge in [-0.15, -0.1) is 0 Å². The van der Waals surface area contributed by atoms with E-state index in [4.69, 9.17) is 11.6 Å². The van der Waals surface area contributed by atoms with Gasteiger partial charge in [0.2, 0.25) is 0 Å². The first kappa shape index (κ1) is 12.7. The van der Waals surface area contributed by atoms with Crippen LogP contribution in [0.15, 0.2) is 24.3 Å². The van der Waals surface area contributed by atoms with Gasteiger partial charge in [0.1, 0.15) is 0 Å². The number of nitrogens with one attached hydrogen (secondary N) is 1. The molecule has 0 bridgehead atoms. The van der Waals surface area contributed by atoms with Crippen LogP contribution in [0.25, 0.3) is 6.08 Å². The van der Waals surface area contributed by atoms with Crippen molar-refractivity contribution in [3.05, 3.63) is 45.0 Å². The van der Waals surface area contributed by atoms with Gasteiger partial charge in [-0.2, -0.15) is 0 Å². The highest BCUT2D eigenvalue weighted by Gasteiger charge is 2.07. The molecule has 0 heterocycles. The van der Waals surface area contributed by atoms with Crippen molar-refractivity contribution in [3.63, 3.8) is 0 Å². The van der Waals surface area contributed by atoms with Crippen LogP contribution in [0.1, 0.15) is 12.5 Å². The summed E-state index contributed by atoms with van der Waals surface area (Å²) in [6.45, 7) is 3.61. The topological polar surface area (TPSA) is 55.2 Å². The van der Waals surface area contributed by atoms with Crippen LogP contribution in [0.5, 0.6) is 0 Å². The van der Waals surface area contributed by atoms with Gasteiger partial charge in [-0.25, -0.2) is 0 Å². The SMILES string of the molecule is CCNCC=Cc1cc([N+](=O)[O-])ccc1Cl. The van der Waals surface area contributed by atoms with Crippen LogP contribution in [0.2, 0.25) is 5.02 Å². The van der Waals surface area contributed by atoms with Gasteiger partial charge < -0.3 is 5.32 Å². The minimum Gasteiger partial charge on any atom is -0.314 e. The lowest BCUT2D eigenvalue weighted by Crippen LogP contribution is -2.11. The summed E-state index contributed by atoms with van der Waals surface area (Å²) in [6, 6.07) is 4.39. The van der Waals surface area contributed by atoms with Crippen molar-refractivity contribution < 1.29 is 4.92 Å². The van der Waals surface area contributed by atoms with Gasteiger partial charge in [0.05, 0.1) is 4.92 Å². The fourth-order valence-corrected chi connectivity index (χ4v) is 1.37. The molecule has 1 rings (SSSR count). The third-order valence-electron chi connectivity index (χ3n) is 2.00. The zero-order valence-corrected chi connectivity index (χ0v) is 9.70. The zero-order chi connectivity index (χ0) is 12.0. The molecule has 0 radical (unpaired) electrons. The van der Waals surface area contributed by atoms with Crippen LogP contribution in [0, 0.1) is 10.1 Å². The van der Waals surface area contributed by atoms with Gasteiger partial charge >= 0.3 is 0 Å². The Labute approximate surface area is 99.1 Å². The molecule has 0 unspecified atom stereocenters. The Kier molecular flexibility index (Phi) is 4.95. The molecule has 0 saturated carbocycles. The average molecular weight is 241 g/mol. The predicted octanol–water partition coefficient (Wildman–Crippen LogP) is 2.87. The Bertz CT molecular complexity index is 405. The first-order valence-electron chi connectivity index (χ1n) is 4.96. The molecule has 0 spiro atoms. The highest BCUT2D eigenvalue weighted by Crippen LogP contribution is 2.22. The van der Waals surface area contributed by atoms with Crippen molar-refractivity contribution in [3.8, 4) is 0 Å². The quantitative estimate of drug-likeness (QED) is 0.489. The monoisotopic (exact) mass is 240 g/mol. The minimum atomic E-state index is -0.433. The third kappa shape index (κ3) is 3.64. The van der Waals surface area contributed by atoms with Gasteiger partial charge in [-0.05, 0) is 18.2 Å². The standard InChI is InChI=1S/C11H13ClN2O2/c1-2-13-7-3-4-9-8-10(14(15)16)5-6-11(9)12/h3-6,8,13H,2,7H2,1H3. The van der Waals surface area contributed by atoms with Crippen LogP contribution in [0.3, 0.4) is 0 Å². The fourth-order valence-electron chi connectivity index (χ4n) is 1.19. The molecule has 5 heteroatoms. The Morgan fingerprint density at radius 1 is 1.56 bits per heavy atom. The first-order valence-corrected chi connectivity index (χ1v) is 5.34. The number of nitrogens with zero attached hydrogens (tertiary/aromatic N) is 1. The molecule has 86 valence electrons. The van der Waals surface area contributed by atoms with Crippen molar-refractivity contribution in [2.24, 2.45) is 0 Å². The van der Waals surface area contributed by atoms with E-state index in [0.29, 0.717) is 10.6 Å². The maximum atomic E-state index is 10.6. The normalized spacial score (nSPS) is 10.9. The molecule has 0 aliphatic carbocycles. The van der Waals surface area contributed by atoms with Crippen molar-refractivity contribution in [1.82, 2.24) is 5.32 Å². The molecule has 0 aliphatic rings. The Balaban J connectivity index is 2.82. The number of halogens is 1. The van der Waals surface area contributed by atoms with E-state index < -0.39 is 4.92 Å². The van der Waals surface area contributed by atoms with E-state index in [-0.39, 0.29) is 5.69 Å². The van der Waals surface area contributed by atoms with Crippen LogP contribution in [0.4, 0.5) is 5.69 Å². The predicted molar refractivity (Wildman–Crippen MR) is 65.7 cm³/mol. The van der Waals surface area contributed by atoms with Crippen molar-refractivity contribution in [1.29, 1.82) is 0 Å². The molecule has 1 N–H and O–H groups in total. The molecule has 1 aromatic carbocycles. The van der Waals surface area contributed by atoms with E-state index in [9.17, 15) is 10.1 Å². The Morgan fingerprint density at radius 3 is 2.94 bits per heavy atom. The van der Waals surface area contributed by atoms with Crippen molar-refractivity contribution in [2.75, 3.05) is 13.1 Å². The molecule has 4 nitrogen and oxygen atoms in total. The summed E-state index contributed by atoms with van der Waals surface area (Å²) in [5.74, 6) is 0. The summed E-state index contributed by atoms with van der Waals surface area (Å²) in [5, 5.41) is 14.2. The van der Waals surface area contributed by atoms with Gasteiger partial charge in [-0.3, -0.25) is 10.1 Å². The second-order valence-electron chi connectivity index (χ2n) is 3.17. The molecular weight excluding hydrogens is 228 g/mol. The number of non-ortho nitro benzene ring substituents is 1. The summed E-state index contributed by atoms with van der Waals surface area (Å²) in [5.41, 5.74) is 0.710. The van der Waals surface area contributed by atoms with Crippen molar-refractivity contribution >= 4 is 23.4 Å². The molecule has 1 aromatic rings. The number of likely N-dealkylation sites (N-methyl/N-ethyl adjacent to an activating group) is 1. The number of rotatable bonds is 5. The molecule has 0 aromatic heterocycles. The Hall–Kier alpha value is -1.39. The third-order valence-corrected chi connectivity index (χ3v) is 2.34. The van der Waals surface area contributed by atoms with Crippen LogP contribution >= 0.6 is 11.6 Å². The second-order valence-corrected chi connectivity index (χ2v) is 3.58. The molecule has 0 atom stereocenters. The fraction of sp³-hybridized carbons (Fsp3) is 0.273. The van der Waals surface area contributed by atoms with Crippen LogP contribution in [-0.4, -0.2) is 18.0 Å². The summed E-state index contributed by atoms with van der Waals surface area (Å²) in [6.07, 6.45) is 3.66. The molecule has 0 aliphatic heterocycles. The van der Waals surface area contributed by atoms with Gasteiger partial charge in [-0.1, -0.05) is 30.7 Å². The lowest BCUT2D eigenvalue weighted by atomic mass is 10.2. The maximum absolute atomic E-state index is 10.6. The van der Waals surface area contributed by atoms with E-state index >= 15 is 0 Å². The molecule has 0 amide bonds. The van der Waals surface area contributed by atoms with Crippen molar-refractivity contribution in [2.45, 2.75) is 6.92 Å². The minimum absolute atomic E-state index is 0.0486. The van der Waals surface area contributed by atoms with E-state index in [1.807, 2.05) is 13.0 Å². The first-order chi connectivity index (χ1) is 7.65. The highest BCUT2D eigenvalue weighted by atomic mass is 35.5. The largest absolute Gasteiger partial charge is 0.314 e. The number of hydrogen-bond donors (Lipinski definition) is 1. The van der Waals surface area contributed by atoms with E-state index in [2.05, 4.69) is 5.32 Å². The second kappa shape index (κ2) is 6.25. The van der Waals surface area contributed by atoms with E-state index in [1.165, 1.54) is 18.2 Å². The van der Waals surface area contributed by atoms with E-state index in [1.54, 1.807) is 6.08 Å². The van der Waals surface area contributed by atoms with Crippen LogP contribution < -0.4 is 5.32 Å². The average Bonchev–Trinajstić information content (AvgIpc) is 2.26. The van der Waals surface area contributed by atoms with Gasteiger partial charge in [0, 0.05) is 23.7 Å². The summed E-state index contributed by atoms with van der Waals surface area (Å²) in [4.78, 5) is 10.1. The Morgan fingerprint density at radius 2 is 2.31 bits per heavy atom. The van der Waals surface area contributed by atoms with Crippen LogP contribution in [-0.2, 0) is 0 Å². The summed E-state index contributed by atoms with van der Waals surface area (Å²) < 4.78 is 0. The number of nitro benzene ring substituents is 1. The van der Waals surface area contributed by atoms with Gasteiger partial charge in [0.15, 0.2) is 0 Å². The van der Waals surface area contributed by atoms with Gasteiger partial charge in [0.25, 0.3) is 5.69 Å². The number of hydrogen-bond acceptors (Lipinski definition) is 3. The highest BCUT2D eigenvalue weighted by molar-refractivity contribution is 6.32. The van der Waals surface area contributed by atoms with E-state index in [0.717, 1.165) is 13.1 Å². The number of benzene rings is 1. The molecule has 16 heavy (non-hydrogen) atoms. The summed E-state index contributed by atoms with van der Waals surface area (Å²) in [7, 11) is 0. The molecule has 0 saturated heterocycles. The summed E-state index contributed by atoms with van der Waals surface area (Å²) >= 11 is 5.92. The lowest BCUT2D eigenvalue weighted by molar-refractivity contribution is -0.384. The number of nitro groups is 1.